The number of hydrogen-bond donors (Lipinski definition) is 0. The summed E-state index contributed by atoms with van der Waals surface area (Å²) in [4.78, 5) is 0.0726. The zero-order valence-electron chi connectivity index (χ0n) is 12.2. The number of rotatable bonds is 3. The van der Waals surface area contributed by atoms with Gasteiger partial charge in [0.25, 0.3) is 0 Å². The normalized spacial score (nSPS) is 23.0. The molecule has 1 fully saturated rings. The second-order valence-electron chi connectivity index (χ2n) is 5.61. The largest absolute Gasteiger partial charge is 0.244 e. The summed E-state index contributed by atoms with van der Waals surface area (Å²) in [5, 5.41) is 8.94. The van der Waals surface area contributed by atoms with Gasteiger partial charge in [0.1, 0.15) is 4.90 Å². The van der Waals surface area contributed by atoms with Gasteiger partial charge in [-0.2, -0.15) is 9.57 Å². The van der Waals surface area contributed by atoms with Crippen LogP contribution in [-0.2, 0) is 10.0 Å². The maximum atomic E-state index is 12.8. The zero-order chi connectivity index (χ0) is 15.6. The minimum atomic E-state index is -3.64. The minimum absolute atomic E-state index is 0.00969. The molecule has 114 valence electrons. The lowest BCUT2D eigenvalue weighted by Gasteiger charge is -2.35. The number of sulfonamides is 1. The molecule has 0 aromatic heterocycles. The van der Waals surface area contributed by atoms with Crippen LogP contribution in [0, 0.1) is 17.2 Å². The van der Waals surface area contributed by atoms with Gasteiger partial charge in [0, 0.05) is 13.1 Å². The molecule has 0 amide bonds. The lowest BCUT2D eigenvalue weighted by Crippen LogP contribution is -2.42. The second kappa shape index (κ2) is 6.35. The molecule has 6 heteroatoms. The summed E-state index contributed by atoms with van der Waals surface area (Å²) in [7, 11) is -2.01. The molecular formula is C15H19ClN2O2S. The fourth-order valence-electron chi connectivity index (χ4n) is 2.95. The molecule has 4 nitrogen and oxygen atoms in total. The van der Waals surface area contributed by atoms with E-state index in [2.05, 4.69) is 6.92 Å². The maximum Gasteiger partial charge on any atom is 0.244 e. The summed E-state index contributed by atoms with van der Waals surface area (Å²) in [6, 6.07) is 6.26. The number of benzene rings is 1. The highest BCUT2D eigenvalue weighted by molar-refractivity contribution is 7.89. The predicted octanol–water partition coefficient (Wildman–Crippen LogP) is 3.41. The molecule has 0 aliphatic heterocycles. The van der Waals surface area contributed by atoms with Crippen LogP contribution in [0.3, 0.4) is 0 Å². The highest BCUT2D eigenvalue weighted by Crippen LogP contribution is 2.32. The third-order valence-corrected chi connectivity index (χ3v) is 6.62. The van der Waals surface area contributed by atoms with Crippen LogP contribution < -0.4 is 0 Å². The van der Waals surface area contributed by atoms with Gasteiger partial charge in [0.2, 0.25) is 10.0 Å². The van der Waals surface area contributed by atoms with Crippen molar-refractivity contribution >= 4 is 21.6 Å². The number of halogens is 1. The summed E-state index contributed by atoms with van der Waals surface area (Å²) in [5.74, 6) is 0.343. The van der Waals surface area contributed by atoms with Gasteiger partial charge in [0.15, 0.2) is 0 Å². The Morgan fingerprint density at radius 2 is 2.00 bits per heavy atom. The van der Waals surface area contributed by atoms with Gasteiger partial charge in [-0.15, -0.1) is 0 Å². The van der Waals surface area contributed by atoms with Crippen LogP contribution in [0.2, 0.25) is 5.02 Å². The quantitative estimate of drug-likeness (QED) is 0.855. The molecule has 0 heterocycles. The van der Waals surface area contributed by atoms with E-state index >= 15 is 0 Å². The molecule has 0 N–H and O–H groups in total. The first-order chi connectivity index (χ1) is 9.87. The van der Waals surface area contributed by atoms with E-state index in [0.29, 0.717) is 11.5 Å². The van der Waals surface area contributed by atoms with E-state index in [1.807, 2.05) is 6.07 Å². The molecule has 2 atom stereocenters. The average Bonchev–Trinajstić information content (AvgIpc) is 2.46. The van der Waals surface area contributed by atoms with Gasteiger partial charge in [-0.25, -0.2) is 8.42 Å². The first kappa shape index (κ1) is 16.3. The van der Waals surface area contributed by atoms with E-state index in [9.17, 15) is 8.42 Å². The van der Waals surface area contributed by atoms with Crippen LogP contribution in [0.15, 0.2) is 23.1 Å². The van der Waals surface area contributed by atoms with Crippen molar-refractivity contribution in [1.29, 1.82) is 5.26 Å². The summed E-state index contributed by atoms with van der Waals surface area (Å²) in [6.07, 6.45) is 4.13. The molecule has 0 bridgehead atoms. The summed E-state index contributed by atoms with van der Waals surface area (Å²) >= 11 is 6.06. The predicted molar refractivity (Wildman–Crippen MR) is 82.5 cm³/mol. The number of nitrogens with zero attached hydrogens (tertiary/aromatic N) is 2. The van der Waals surface area contributed by atoms with Crippen molar-refractivity contribution in [3.8, 4) is 6.07 Å². The summed E-state index contributed by atoms with van der Waals surface area (Å²) < 4.78 is 27.0. The fraction of sp³-hybridized carbons (Fsp3) is 0.533. The topological polar surface area (TPSA) is 61.2 Å². The maximum absolute atomic E-state index is 12.8. The molecule has 1 aliphatic carbocycles. The van der Waals surface area contributed by atoms with Crippen LogP contribution in [-0.4, -0.2) is 25.8 Å². The monoisotopic (exact) mass is 326 g/mol. The van der Waals surface area contributed by atoms with Gasteiger partial charge >= 0.3 is 0 Å². The number of nitriles is 1. The van der Waals surface area contributed by atoms with Crippen LogP contribution in [0.4, 0.5) is 0 Å². The molecule has 21 heavy (non-hydrogen) atoms. The molecule has 1 aliphatic rings. The van der Waals surface area contributed by atoms with Crippen LogP contribution in [0.25, 0.3) is 0 Å². The van der Waals surface area contributed by atoms with Gasteiger partial charge in [-0.3, -0.25) is 0 Å². The molecular weight excluding hydrogens is 308 g/mol. The third kappa shape index (κ3) is 3.23. The van der Waals surface area contributed by atoms with Crippen LogP contribution in [0.1, 0.15) is 38.2 Å². The lowest BCUT2D eigenvalue weighted by molar-refractivity contribution is 0.213. The van der Waals surface area contributed by atoms with E-state index in [0.717, 1.165) is 25.7 Å². The molecule has 0 saturated heterocycles. The Morgan fingerprint density at radius 1 is 1.33 bits per heavy atom. The Kier molecular flexibility index (Phi) is 4.92. The van der Waals surface area contributed by atoms with Crippen LogP contribution >= 0.6 is 11.6 Å². The van der Waals surface area contributed by atoms with Crippen molar-refractivity contribution in [3.05, 3.63) is 28.8 Å². The minimum Gasteiger partial charge on any atom is -0.207 e. The zero-order valence-corrected chi connectivity index (χ0v) is 13.8. The second-order valence-corrected chi connectivity index (χ2v) is 7.98. The van der Waals surface area contributed by atoms with Gasteiger partial charge < -0.3 is 0 Å². The summed E-state index contributed by atoms with van der Waals surface area (Å²) in [5.41, 5.74) is 0.354. The van der Waals surface area contributed by atoms with Crippen LogP contribution in [0.5, 0.6) is 0 Å². The molecule has 1 aromatic rings. The van der Waals surface area contributed by atoms with E-state index in [-0.39, 0.29) is 16.0 Å². The highest BCUT2D eigenvalue weighted by atomic mass is 35.5. The molecule has 1 saturated carbocycles. The van der Waals surface area contributed by atoms with Gasteiger partial charge in [-0.1, -0.05) is 31.4 Å². The summed E-state index contributed by atoms with van der Waals surface area (Å²) in [6.45, 7) is 2.09. The van der Waals surface area contributed by atoms with E-state index in [1.54, 1.807) is 7.05 Å². The van der Waals surface area contributed by atoms with E-state index in [1.165, 1.54) is 22.5 Å². The molecule has 0 radical (unpaired) electrons. The third-order valence-electron chi connectivity index (χ3n) is 4.25. The standard InChI is InChI=1S/C15H19ClN2O2S/c1-11-5-3-4-6-14(11)18(2)21(19,20)15-8-7-12(10-17)9-13(15)16/h7-9,11,14H,3-6H2,1-2H3. The molecule has 2 rings (SSSR count). The van der Waals surface area contributed by atoms with Crippen molar-refractivity contribution in [2.75, 3.05) is 7.05 Å². The lowest BCUT2D eigenvalue weighted by atomic mass is 9.86. The van der Waals surface area contributed by atoms with Crippen molar-refractivity contribution in [2.45, 2.75) is 43.5 Å². The Bertz CT molecular complexity index is 667. The average molecular weight is 327 g/mol. The highest BCUT2D eigenvalue weighted by Gasteiger charge is 2.34. The first-order valence-electron chi connectivity index (χ1n) is 7.05. The van der Waals surface area contributed by atoms with Crippen molar-refractivity contribution in [3.63, 3.8) is 0 Å². The first-order valence-corrected chi connectivity index (χ1v) is 8.87. The number of hydrogen-bond acceptors (Lipinski definition) is 3. The van der Waals surface area contributed by atoms with Crippen molar-refractivity contribution in [1.82, 2.24) is 4.31 Å². The van der Waals surface area contributed by atoms with Gasteiger partial charge in [-0.05, 0) is 37.0 Å². The van der Waals surface area contributed by atoms with E-state index < -0.39 is 10.0 Å². The van der Waals surface area contributed by atoms with Crippen molar-refractivity contribution in [2.24, 2.45) is 5.92 Å². The van der Waals surface area contributed by atoms with E-state index in [4.69, 9.17) is 16.9 Å². The fourth-order valence-corrected chi connectivity index (χ4v) is 4.95. The SMILES string of the molecule is CC1CCCCC1N(C)S(=O)(=O)c1ccc(C#N)cc1Cl. The molecule has 1 aromatic carbocycles. The Labute approximate surface area is 131 Å². The molecule has 0 spiro atoms. The molecule has 2 unspecified atom stereocenters. The van der Waals surface area contributed by atoms with Crippen molar-refractivity contribution < 1.29 is 8.42 Å². The van der Waals surface area contributed by atoms with Gasteiger partial charge in [0.05, 0.1) is 16.7 Å². The Balaban J connectivity index is 2.35. The Morgan fingerprint density at radius 3 is 2.57 bits per heavy atom. The smallest absolute Gasteiger partial charge is 0.207 e. The Hall–Kier alpha value is -1.09.